The van der Waals surface area contributed by atoms with E-state index in [0.717, 1.165) is 6.42 Å². The lowest BCUT2D eigenvalue weighted by molar-refractivity contribution is 0.251. The number of nitrogens with one attached hydrogen (secondary N) is 2. The molecule has 0 fully saturated rings. The Kier molecular flexibility index (Phi) is 5.31. The van der Waals surface area contributed by atoms with Crippen LogP contribution in [0.1, 0.15) is 20.3 Å². The quantitative estimate of drug-likeness (QED) is 0.764. The number of anilines is 1. The number of rotatable bonds is 5. The number of amides is 2. The van der Waals surface area contributed by atoms with E-state index in [-0.39, 0.29) is 10.9 Å². The molecule has 0 aliphatic heterocycles. The van der Waals surface area contributed by atoms with Crippen LogP contribution in [0.25, 0.3) is 0 Å². The third-order valence-corrected chi connectivity index (χ3v) is 3.38. The first-order chi connectivity index (χ1) is 8.79. The Hall–Kier alpha value is -1.60. The van der Waals surface area contributed by atoms with Gasteiger partial charge in [-0.15, -0.1) is 0 Å². The lowest BCUT2D eigenvalue weighted by Crippen LogP contribution is -2.30. The summed E-state index contributed by atoms with van der Waals surface area (Å²) in [7, 11) is -3.70. The van der Waals surface area contributed by atoms with Gasteiger partial charge < -0.3 is 10.6 Å². The van der Waals surface area contributed by atoms with Gasteiger partial charge in [-0.2, -0.15) is 0 Å². The van der Waals surface area contributed by atoms with Crippen molar-refractivity contribution in [3.8, 4) is 0 Å². The van der Waals surface area contributed by atoms with E-state index in [2.05, 4.69) is 24.5 Å². The topological polar surface area (TPSA) is 101 Å². The average molecular weight is 285 g/mol. The standard InChI is InChI=1S/C12H19N3O3S/c1-9(2)7-8-14-12(16)15-10-3-5-11(6-4-10)19(13,17)18/h3-6,9H,7-8H2,1-2H3,(H2,13,17,18)(H2,14,15,16). The summed E-state index contributed by atoms with van der Waals surface area (Å²) in [4.78, 5) is 11.5. The fraction of sp³-hybridized carbons (Fsp3) is 0.417. The molecule has 0 aromatic heterocycles. The third-order valence-electron chi connectivity index (χ3n) is 2.45. The van der Waals surface area contributed by atoms with Crippen LogP contribution in [0.3, 0.4) is 0 Å². The predicted molar refractivity (Wildman–Crippen MR) is 74.3 cm³/mol. The molecule has 0 radical (unpaired) electrons. The van der Waals surface area contributed by atoms with Crippen LogP contribution in [0.15, 0.2) is 29.2 Å². The molecule has 1 aromatic carbocycles. The largest absolute Gasteiger partial charge is 0.338 e. The summed E-state index contributed by atoms with van der Waals surface area (Å²) < 4.78 is 22.1. The van der Waals surface area contributed by atoms with Gasteiger partial charge in [0.25, 0.3) is 0 Å². The minimum absolute atomic E-state index is 0.0123. The van der Waals surface area contributed by atoms with Crippen LogP contribution in [-0.4, -0.2) is 21.0 Å². The van der Waals surface area contributed by atoms with Crippen molar-refractivity contribution in [3.63, 3.8) is 0 Å². The van der Waals surface area contributed by atoms with E-state index < -0.39 is 10.0 Å². The highest BCUT2D eigenvalue weighted by molar-refractivity contribution is 7.89. The van der Waals surface area contributed by atoms with E-state index >= 15 is 0 Å². The minimum atomic E-state index is -3.70. The van der Waals surface area contributed by atoms with Gasteiger partial charge in [0.1, 0.15) is 0 Å². The maximum absolute atomic E-state index is 11.5. The van der Waals surface area contributed by atoms with Gasteiger partial charge in [-0.3, -0.25) is 0 Å². The SMILES string of the molecule is CC(C)CCNC(=O)Nc1ccc(S(N)(=O)=O)cc1. The van der Waals surface area contributed by atoms with Crippen molar-refractivity contribution in [1.29, 1.82) is 0 Å². The van der Waals surface area contributed by atoms with Gasteiger partial charge >= 0.3 is 6.03 Å². The van der Waals surface area contributed by atoms with Crippen molar-refractivity contribution in [1.82, 2.24) is 5.32 Å². The smallest absolute Gasteiger partial charge is 0.319 e. The molecule has 1 aromatic rings. The Morgan fingerprint density at radius 2 is 1.84 bits per heavy atom. The summed E-state index contributed by atoms with van der Waals surface area (Å²) >= 11 is 0. The molecule has 1 rings (SSSR count). The molecule has 4 N–H and O–H groups in total. The number of hydrogen-bond donors (Lipinski definition) is 3. The van der Waals surface area contributed by atoms with Crippen LogP contribution in [0.5, 0.6) is 0 Å². The first kappa shape index (κ1) is 15.5. The highest BCUT2D eigenvalue weighted by Gasteiger charge is 2.07. The zero-order valence-electron chi connectivity index (χ0n) is 11.0. The maximum Gasteiger partial charge on any atom is 0.319 e. The Balaban J connectivity index is 2.52. The van der Waals surface area contributed by atoms with Crippen molar-refractivity contribution in [3.05, 3.63) is 24.3 Å². The molecule has 2 amide bonds. The fourth-order valence-corrected chi connectivity index (χ4v) is 1.89. The third kappa shape index (κ3) is 5.71. The van der Waals surface area contributed by atoms with Crippen molar-refractivity contribution in [2.45, 2.75) is 25.2 Å². The van der Waals surface area contributed by atoms with E-state index in [4.69, 9.17) is 5.14 Å². The van der Waals surface area contributed by atoms with Crippen LogP contribution < -0.4 is 15.8 Å². The number of benzene rings is 1. The first-order valence-electron chi connectivity index (χ1n) is 5.97. The van der Waals surface area contributed by atoms with Crippen LogP contribution >= 0.6 is 0 Å². The number of carbonyl (C=O) groups excluding carboxylic acids is 1. The second-order valence-corrected chi connectivity index (χ2v) is 6.19. The van der Waals surface area contributed by atoms with Crippen LogP contribution in [-0.2, 0) is 10.0 Å². The fourth-order valence-electron chi connectivity index (χ4n) is 1.38. The molecule has 0 atom stereocenters. The molecule has 6 nitrogen and oxygen atoms in total. The van der Waals surface area contributed by atoms with Gasteiger partial charge in [0.05, 0.1) is 4.90 Å². The molecule has 7 heteroatoms. The second kappa shape index (κ2) is 6.53. The molecule has 0 unspecified atom stereocenters. The highest BCUT2D eigenvalue weighted by Crippen LogP contribution is 2.12. The summed E-state index contributed by atoms with van der Waals surface area (Å²) in [6.45, 7) is 4.75. The van der Waals surface area contributed by atoms with E-state index in [0.29, 0.717) is 18.2 Å². The molecule has 0 saturated heterocycles. The van der Waals surface area contributed by atoms with E-state index in [1.807, 2.05) is 0 Å². The van der Waals surface area contributed by atoms with Gasteiger partial charge in [0.2, 0.25) is 10.0 Å². The van der Waals surface area contributed by atoms with Crippen LogP contribution in [0.4, 0.5) is 10.5 Å². The zero-order chi connectivity index (χ0) is 14.5. The van der Waals surface area contributed by atoms with Crippen molar-refractivity contribution >= 4 is 21.7 Å². The van der Waals surface area contributed by atoms with Crippen molar-refractivity contribution in [2.24, 2.45) is 11.1 Å². The number of urea groups is 1. The molecule has 106 valence electrons. The van der Waals surface area contributed by atoms with E-state index in [1.165, 1.54) is 24.3 Å². The van der Waals surface area contributed by atoms with Gasteiger partial charge in [-0.25, -0.2) is 18.4 Å². The van der Waals surface area contributed by atoms with Crippen molar-refractivity contribution in [2.75, 3.05) is 11.9 Å². The lowest BCUT2D eigenvalue weighted by atomic mass is 10.1. The number of nitrogens with two attached hydrogens (primary N) is 1. The van der Waals surface area contributed by atoms with Gasteiger partial charge in [0, 0.05) is 12.2 Å². The molecule has 19 heavy (non-hydrogen) atoms. The summed E-state index contributed by atoms with van der Waals surface area (Å²) in [5, 5.41) is 10.3. The molecule has 0 heterocycles. The normalized spacial score (nSPS) is 11.4. The number of hydrogen-bond acceptors (Lipinski definition) is 3. The molecular weight excluding hydrogens is 266 g/mol. The maximum atomic E-state index is 11.5. The number of sulfonamides is 1. The molecule has 0 bridgehead atoms. The van der Waals surface area contributed by atoms with Gasteiger partial charge in [0.15, 0.2) is 0 Å². The van der Waals surface area contributed by atoms with Crippen LogP contribution in [0.2, 0.25) is 0 Å². The van der Waals surface area contributed by atoms with Gasteiger partial charge in [-0.05, 0) is 36.6 Å². The molecule has 0 saturated carbocycles. The van der Waals surface area contributed by atoms with E-state index in [1.54, 1.807) is 0 Å². The van der Waals surface area contributed by atoms with Crippen molar-refractivity contribution < 1.29 is 13.2 Å². The average Bonchev–Trinajstić information content (AvgIpc) is 2.27. The van der Waals surface area contributed by atoms with E-state index in [9.17, 15) is 13.2 Å². The Morgan fingerprint density at radius 1 is 1.26 bits per heavy atom. The Bertz CT molecular complexity index is 524. The zero-order valence-corrected chi connectivity index (χ0v) is 11.8. The predicted octanol–water partition coefficient (Wildman–Crippen LogP) is 1.50. The molecular formula is C12H19N3O3S. The minimum Gasteiger partial charge on any atom is -0.338 e. The first-order valence-corrected chi connectivity index (χ1v) is 7.51. The second-order valence-electron chi connectivity index (χ2n) is 4.63. The highest BCUT2D eigenvalue weighted by atomic mass is 32.2. The molecule has 0 spiro atoms. The number of carbonyl (C=O) groups is 1. The summed E-state index contributed by atoms with van der Waals surface area (Å²) in [5.41, 5.74) is 0.509. The summed E-state index contributed by atoms with van der Waals surface area (Å²) in [6, 6.07) is 5.35. The Labute approximate surface area is 113 Å². The number of primary sulfonamides is 1. The molecule has 0 aliphatic rings. The Morgan fingerprint density at radius 3 is 2.32 bits per heavy atom. The molecule has 0 aliphatic carbocycles. The lowest BCUT2D eigenvalue weighted by Gasteiger charge is -2.09. The summed E-state index contributed by atoms with van der Waals surface area (Å²) in [6.07, 6.45) is 0.901. The monoisotopic (exact) mass is 285 g/mol. The van der Waals surface area contributed by atoms with Gasteiger partial charge in [-0.1, -0.05) is 13.8 Å². The summed E-state index contributed by atoms with van der Waals surface area (Å²) in [5.74, 6) is 0.523. The van der Waals surface area contributed by atoms with Crippen LogP contribution in [0, 0.1) is 5.92 Å².